The number of pyridine rings is 1. The van der Waals surface area contributed by atoms with Crippen LogP contribution in [0.5, 0.6) is 0 Å². The maximum atomic E-state index is 13.4. The third-order valence-electron chi connectivity index (χ3n) is 2.66. The van der Waals surface area contributed by atoms with Crippen molar-refractivity contribution < 1.29 is 17.6 Å². The highest BCUT2D eigenvalue weighted by molar-refractivity contribution is 7.89. The number of nitrogens with one attached hydrogen (secondary N) is 1. The lowest BCUT2D eigenvalue weighted by Crippen LogP contribution is -2.25. The number of nitrogens with two attached hydrogens (primary N) is 1. The van der Waals surface area contributed by atoms with Crippen LogP contribution in [-0.2, 0) is 16.6 Å². The SMILES string of the molecule is NC(=O)c1cccc(CNS(=O)(=O)c2ncccc2F)c1. The van der Waals surface area contributed by atoms with E-state index in [9.17, 15) is 17.6 Å². The molecule has 0 atom stereocenters. The van der Waals surface area contributed by atoms with Crippen molar-refractivity contribution in [3.8, 4) is 0 Å². The van der Waals surface area contributed by atoms with Crippen molar-refractivity contribution in [1.82, 2.24) is 9.71 Å². The van der Waals surface area contributed by atoms with Gasteiger partial charge in [-0.15, -0.1) is 0 Å². The maximum Gasteiger partial charge on any atom is 0.261 e. The average molecular weight is 309 g/mol. The molecule has 1 aromatic heterocycles. The molecule has 8 heteroatoms. The summed E-state index contributed by atoms with van der Waals surface area (Å²) in [7, 11) is -4.07. The van der Waals surface area contributed by atoms with Gasteiger partial charge in [-0.3, -0.25) is 4.79 Å². The minimum atomic E-state index is -4.07. The molecule has 21 heavy (non-hydrogen) atoms. The molecule has 0 aliphatic rings. The molecule has 0 bridgehead atoms. The summed E-state index contributed by atoms with van der Waals surface area (Å²) in [5, 5.41) is -0.670. The van der Waals surface area contributed by atoms with Gasteiger partial charge in [-0.05, 0) is 29.8 Å². The second-order valence-electron chi connectivity index (χ2n) is 4.18. The van der Waals surface area contributed by atoms with Gasteiger partial charge in [0, 0.05) is 18.3 Å². The van der Waals surface area contributed by atoms with E-state index >= 15 is 0 Å². The highest BCUT2D eigenvalue weighted by Gasteiger charge is 2.20. The predicted molar refractivity (Wildman–Crippen MR) is 73.2 cm³/mol. The molecule has 2 rings (SSSR count). The summed E-state index contributed by atoms with van der Waals surface area (Å²) in [5.74, 6) is -1.55. The molecule has 1 aromatic carbocycles. The summed E-state index contributed by atoms with van der Waals surface area (Å²) in [4.78, 5) is 14.6. The second kappa shape index (κ2) is 5.98. The molecule has 0 saturated heterocycles. The summed E-state index contributed by atoms with van der Waals surface area (Å²) < 4.78 is 39.5. The monoisotopic (exact) mass is 309 g/mol. The van der Waals surface area contributed by atoms with Gasteiger partial charge in [0.05, 0.1) is 0 Å². The number of hydrogen-bond donors (Lipinski definition) is 2. The van der Waals surface area contributed by atoms with E-state index in [0.717, 1.165) is 6.07 Å². The Morgan fingerprint density at radius 2 is 2.05 bits per heavy atom. The standard InChI is InChI=1S/C13H12FN3O3S/c14-11-5-2-6-16-13(11)21(19,20)17-8-9-3-1-4-10(7-9)12(15)18/h1-7,17H,8H2,(H2,15,18). The van der Waals surface area contributed by atoms with Gasteiger partial charge in [0.25, 0.3) is 10.0 Å². The summed E-state index contributed by atoms with van der Waals surface area (Å²) >= 11 is 0. The summed E-state index contributed by atoms with van der Waals surface area (Å²) in [6, 6.07) is 8.47. The lowest BCUT2D eigenvalue weighted by molar-refractivity contribution is 0.1000. The van der Waals surface area contributed by atoms with Gasteiger partial charge in [-0.2, -0.15) is 0 Å². The van der Waals surface area contributed by atoms with Crippen LogP contribution in [0.2, 0.25) is 0 Å². The van der Waals surface area contributed by atoms with Crippen LogP contribution in [0.25, 0.3) is 0 Å². The first-order valence-corrected chi connectivity index (χ1v) is 7.37. The van der Waals surface area contributed by atoms with Crippen molar-refractivity contribution in [1.29, 1.82) is 0 Å². The molecule has 0 fully saturated rings. The number of carbonyl (C=O) groups excluding carboxylic acids is 1. The van der Waals surface area contributed by atoms with E-state index in [1.54, 1.807) is 12.1 Å². The van der Waals surface area contributed by atoms with Crippen molar-refractivity contribution >= 4 is 15.9 Å². The lowest BCUT2D eigenvalue weighted by Gasteiger charge is -2.07. The molecule has 1 amide bonds. The molecule has 2 aromatic rings. The van der Waals surface area contributed by atoms with Crippen LogP contribution < -0.4 is 10.5 Å². The summed E-state index contributed by atoms with van der Waals surface area (Å²) in [6.45, 7) is -0.112. The third kappa shape index (κ3) is 3.61. The van der Waals surface area contributed by atoms with Crippen molar-refractivity contribution in [3.63, 3.8) is 0 Å². The molecule has 0 saturated carbocycles. The van der Waals surface area contributed by atoms with Gasteiger partial charge in [0.1, 0.15) is 0 Å². The fourth-order valence-corrected chi connectivity index (χ4v) is 2.67. The van der Waals surface area contributed by atoms with Crippen LogP contribution in [0, 0.1) is 5.82 Å². The molecule has 0 spiro atoms. The van der Waals surface area contributed by atoms with Gasteiger partial charge in [0.2, 0.25) is 10.9 Å². The first-order valence-electron chi connectivity index (χ1n) is 5.89. The molecule has 0 aliphatic carbocycles. The number of nitrogens with zero attached hydrogens (tertiary/aromatic N) is 1. The first kappa shape index (κ1) is 15.1. The Kier molecular flexibility index (Phi) is 4.29. The molecule has 1 heterocycles. The molecule has 6 nitrogen and oxygen atoms in total. The average Bonchev–Trinajstić information content (AvgIpc) is 2.46. The van der Waals surface area contributed by atoms with Crippen molar-refractivity contribution in [2.45, 2.75) is 11.6 Å². The molecule has 0 unspecified atom stereocenters. The number of carbonyl (C=O) groups is 1. The zero-order valence-electron chi connectivity index (χ0n) is 10.8. The molecule has 0 aliphatic heterocycles. The Labute approximate surface area is 120 Å². The number of sulfonamides is 1. The van der Waals surface area contributed by atoms with E-state index in [-0.39, 0.29) is 12.1 Å². The Bertz CT molecular complexity index is 778. The molecule has 3 N–H and O–H groups in total. The number of aromatic nitrogens is 1. The van der Waals surface area contributed by atoms with Gasteiger partial charge in [-0.25, -0.2) is 22.5 Å². The Morgan fingerprint density at radius 1 is 1.29 bits per heavy atom. The Hall–Kier alpha value is -2.32. The van der Waals surface area contributed by atoms with Crippen LogP contribution in [0.4, 0.5) is 4.39 Å². The van der Waals surface area contributed by atoms with Crippen molar-refractivity contribution in [3.05, 3.63) is 59.5 Å². The lowest BCUT2D eigenvalue weighted by atomic mass is 10.1. The third-order valence-corrected chi connectivity index (χ3v) is 3.99. The predicted octanol–water partition coefficient (Wildman–Crippen LogP) is 0.798. The van der Waals surface area contributed by atoms with E-state index < -0.39 is 26.8 Å². The smallest absolute Gasteiger partial charge is 0.261 e. The fraction of sp³-hybridized carbons (Fsp3) is 0.0769. The molecular formula is C13H12FN3O3S. The quantitative estimate of drug-likeness (QED) is 0.852. The van der Waals surface area contributed by atoms with E-state index in [1.807, 2.05) is 0 Å². The Balaban J connectivity index is 2.18. The van der Waals surface area contributed by atoms with Gasteiger partial charge < -0.3 is 5.73 Å². The van der Waals surface area contributed by atoms with Crippen molar-refractivity contribution in [2.24, 2.45) is 5.73 Å². The first-order chi connectivity index (χ1) is 9.90. The number of primary amides is 1. The van der Waals surface area contributed by atoms with Crippen LogP contribution >= 0.6 is 0 Å². The van der Waals surface area contributed by atoms with Gasteiger partial charge in [-0.1, -0.05) is 12.1 Å². The summed E-state index contributed by atoms with van der Waals surface area (Å²) in [5.41, 5.74) is 5.92. The largest absolute Gasteiger partial charge is 0.366 e. The van der Waals surface area contributed by atoms with E-state index in [4.69, 9.17) is 5.73 Å². The number of rotatable bonds is 5. The minimum absolute atomic E-state index is 0.112. The normalized spacial score (nSPS) is 11.3. The zero-order chi connectivity index (χ0) is 15.5. The van der Waals surface area contributed by atoms with Crippen LogP contribution in [0.1, 0.15) is 15.9 Å². The molecular weight excluding hydrogens is 297 g/mol. The van der Waals surface area contributed by atoms with Gasteiger partial charge >= 0.3 is 0 Å². The summed E-state index contributed by atoms with van der Waals surface area (Å²) in [6.07, 6.45) is 1.19. The maximum absolute atomic E-state index is 13.4. The van der Waals surface area contributed by atoms with Crippen molar-refractivity contribution in [2.75, 3.05) is 0 Å². The van der Waals surface area contributed by atoms with Crippen LogP contribution in [-0.4, -0.2) is 19.3 Å². The number of hydrogen-bond acceptors (Lipinski definition) is 4. The molecule has 110 valence electrons. The number of benzene rings is 1. The van der Waals surface area contributed by atoms with Crippen LogP contribution in [0.3, 0.4) is 0 Å². The van der Waals surface area contributed by atoms with E-state index in [2.05, 4.69) is 9.71 Å². The van der Waals surface area contributed by atoms with E-state index in [1.165, 1.54) is 24.4 Å². The Morgan fingerprint density at radius 3 is 2.71 bits per heavy atom. The number of amides is 1. The highest BCUT2D eigenvalue weighted by Crippen LogP contribution is 2.11. The van der Waals surface area contributed by atoms with Crippen LogP contribution in [0.15, 0.2) is 47.6 Å². The number of halogens is 1. The zero-order valence-corrected chi connectivity index (χ0v) is 11.6. The van der Waals surface area contributed by atoms with Gasteiger partial charge in [0.15, 0.2) is 5.82 Å². The molecule has 0 radical (unpaired) electrons. The minimum Gasteiger partial charge on any atom is -0.366 e. The highest BCUT2D eigenvalue weighted by atomic mass is 32.2. The topological polar surface area (TPSA) is 102 Å². The fourth-order valence-electron chi connectivity index (χ4n) is 1.65. The van der Waals surface area contributed by atoms with E-state index in [0.29, 0.717) is 5.56 Å². The second-order valence-corrected chi connectivity index (χ2v) is 5.86.